The van der Waals surface area contributed by atoms with Gasteiger partial charge in [0.25, 0.3) is 5.91 Å². The molecule has 7 nitrogen and oxygen atoms in total. The summed E-state index contributed by atoms with van der Waals surface area (Å²) in [6.07, 6.45) is 6.08. The third-order valence-corrected chi connectivity index (χ3v) is 6.60. The molecule has 0 aliphatic carbocycles. The van der Waals surface area contributed by atoms with E-state index in [4.69, 9.17) is 9.97 Å². The second-order valence-electron chi connectivity index (χ2n) is 8.94. The Balaban J connectivity index is 1.33. The number of hydrogen-bond donors (Lipinski definition) is 1. The van der Waals surface area contributed by atoms with E-state index >= 15 is 0 Å². The monoisotopic (exact) mass is 450 g/mol. The minimum absolute atomic E-state index is 0.191. The number of carbonyl (C=O) groups excluding carboxylic acids is 1. The summed E-state index contributed by atoms with van der Waals surface area (Å²) in [5, 5.41) is 9.92. The third kappa shape index (κ3) is 3.63. The van der Waals surface area contributed by atoms with Crippen LogP contribution in [0, 0.1) is 6.92 Å². The highest BCUT2D eigenvalue weighted by Crippen LogP contribution is 2.25. The number of pyridine rings is 1. The second-order valence-corrected chi connectivity index (χ2v) is 8.94. The maximum atomic E-state index is 13.4. The third-order valence-electron chi connectivity index (χ3n) is 6.60. The molecule has 0 radical (unpaired) electrons. The molecule has 0 saturated heterocycles. The van der Waals surface area contributed by atoms with Crippen LogP contribution < -0.4 is 5.32 Å². The smallest absolute Gasteiger partial charge is 0.259 e. The van der Waals surface area contributed by atoms with Gasteiger partial charge in [-0.1, -0.05) is 48.9 Å². The van der Waals surface area contributed by atoms with Gasteiger partial charge in [-0.2, -0.15) is 5.10 Å². The first-order valence-electron chi connectivity index (χ1n) is 11.8. The van der Waals surface area contributed by atoms with E-state index in [2.05, 4.69) is 45.3 Å². The van der Waals surface area contributed by atoms with Crippen molar-refractivity contribution in [1.29, 1.82) is 0 Å². The van der Waals surface area contributed by atoms with Gasteiger partial charge in [0, 0.05) is 24.7 Å². The molecule has 1 aliphatic rings. The average molecular weight is 451 g/mol. The molecule has 1 N–H and O–H groups in total. The van der Waals surface area contributed by atoms with Crippen molar-refractivity contribution in [2.24, 2.45) is 0 Å². The predicted molar refractivity (Wildman–Crippen MR) is 133 cm³/mol. The van der Waals surface area contributed by atoms with Crippen molar-refractivity contribution >= 4 is 33.7 Å². The molecule has 0 bridgehead atoms. The first-order chi connectivity index (χ1) is 16.7. The number of nitrogens with one attached hydrogen (secondary N) is 1. The molecule has 7 heteroatoms. The fraction of sp³-hybridized carbons (Fsp3) is 0.259. The van der Waals surface area contributed by atoms with Crippen LogP contribution in [0.2, 0.25) is 0 Å². The lowest BCUT2D eigenvalue weighted by Gasteiger charge is -2.12. The first kappa shape index (κ1) is 20.6. The number of imidazole rings is 1. The van der Waals surface area contributed by atoms with E-state index < -0.39 is 0 Å². The molecule has 6 rings (SSSR count). The first-order valence-corrected chi connectivity index (χ1v) is 11.8. The van der Waals surface area contributed by atoms with E-state index in [1.807, 2.05) is 35.9 Å². The van der Waals surface area contributed by atoms with Gasteiger partial charge in [-0.3, -0.25) is 4.79 Å². The molecule has 0 saturated carbocycles. The molecular formula is C27H26N6O. The maximum absolute atomic E-state index is 13.4. The Morgan fingerprint density at radius 1 is 1.03 bits per heavy atom. The molecule has 3 aromatic heterocycles. The lowest BCUT2D eigenvalue weighted by atomic mass is 10.0. The van der Waals surface area contributed by atoms with Crippen LogP contribution in [0.25, 0.3) is 21.9 Å². The van der Waals surface area contributed by atoms with Gasteiger partial charge in [-0.15, -0.1) is 0 Å². The Kier molecular flexibility index (Phi) is 5.09. The van der Waals surface area contributed by atoms with Crippen LogP contribution in [0.4, 0.5) is 5.82 Å². The number of hydrogen-bond acceptors (Lipinski definition) is 4. The summed E-state index contributed by atoms with van der Waals surface area (Å²) in [7, 11) is 0. The normalized spacial score (nSPS) is 13.7. The topological polar surface area (TPSA) is 77.6 Å². The largest absolute Gasteiger partial charge is 0.313 e. The molecular weight excluding hydrogens is 424 g/mol. The molecule has 4 heterocycles. The number of carbonyl (C=O) groups is 1. The Hall–Kier alpha value is -4.00. The van der Waals surface area contributed by atoms with Crippen molar-refractivity contribution < 1.29 is 4.79 Å². The molecule has 0 unspecified atom stereocenters. The number of aryl methyl sites for hydroxylation is 3. The van der Waals surface area contributed by atoms with E-state index in [1.165, 1.54) is 17.2 Å². The summed E-state index contributed by atoms with van der Waals surface area (Å²) in [5.41, 5.74) is 4.01. The van der Waals surface area contributed by atoms with Crippen LogP contribution in [-0.4, -0.2) is 30.2 Å². The fourth-order valence-electron chi connectivity index (χ4n) is 4.93. The molecule has 2 aromatic carbocycles. The molecule has 1 amide bonds. The summed E-state index contributed by atoms with van der Waals surface area (Å²) >= 11 is 0. The predicted octanol–water partition coefficient (Wildman–Crippen LogP) is 5.12. The van der Waals surface area contributed by atoms with Crippen molar-refractivity contribution in [3.05, 3.63) is 83.4 Å². The summed E-state index contributed by atoms with van der Waals surface area (Å²) in [6.45, 7) is 3.40. The second kappa shape index (κ2) is 8.41. The van der Waals surface area contributed by atoms with Crippen LogP contribution in [0.5, 0.6) is 0 Å². The molecule has 0 fully saturated rings. The van der Waals surface area contributed by atoms with Gasteiger partial charge in [-0.25, -0.2) is 14.6 Å². The number of rotatable bonds is 4. The molecule has 0 spiro atoms. The highest BCUT2D eigenvalue weighted by Gasteiger charge is 2.21. The highest BCUT2D eigenvalue weighted by atomic mass is 16.1. The van der Waals surface area contributed by atoms with E-state index in [0.29, 0.717) is 23.4 Å². The van der Waals surface area contributed by atoms with Gasteiger partial charge in [0.15, 0.2) is 5.65 Å². The minimum Gasteiger partial charge on any atom is -0.313 e. The Labute approximate surface area is 197 Å². The van der Waals surface area contributed by atoms with Gasteiger partial charge < -0.3 is 9.88 Å². The summed E-state index contributed by atoms with van der Waals surface area (Å²) < 4.78 is 4.02. The van der Waals surface area contributed by atoms with Crippen LogP contribution in [0.3, 0.4) is 0 Å². The zero-order chi connectivity index (χ0) is 23.1. The van der Waals surface area contributed by atoms with Gasteiger partial charge >= 0.3 is 0 Å². The lowest BCUT2D eigenvalue weighted by molar-refractivity contribution is 0.102. The Morgan fingerprint density at radius 3 is 2.85 bits per heavy atom. The Morgan fingerprint density at radius 2 is 1.91 bits per heavy atom. The standard InChI is InChI=1S/C27H26N6O/c1-18-16-22(25-26(29-18)32-15-6-2-3-12-23(32)30-25)27(34)31-24-13-14-28-33(24)17-20-10-7-9-19-8-4-5-11-21(19)20/h4-5,7-11,13-14,16H,2-3,6,12,15,17H2,1H3,(H,31,34). The lowest BCUT2D eigenvalue weighted by Crippen LogP contribution is -2.17. The number of aromatic nitrogens is 5. The average Bonchev–Trinajstić information content (AvgIpc) is 3.34. The number of nitrogens with zero attached hydrogens (tertiary/aromatic N) is 5. The summed E-state index contributed by atoms with van der Waals surface area (Å²) in [5.74, 6) is 1.49. The van der Waals surface area contributed by atoms with Crippen molar-refractivity contribution in [3.8, 4) is 0 Å². The molecule has 34 heavy (non-hydrogen) atoms. The number of amides is 1. The minimum atomic E-state index is -0.191. The maximum Gasteiger partial charge on any atom is 0.259 e. The number of benzene rings is 2. The van der Waals surface area contributed by atoms with Gasteiger partial charge in [0.1, 0.15) is 17.2 Å². The quantitative estimate of drug-likeness (QED) is 0.412. The van der Waals surface area contributed by atoms with Gasteiger partial charge in [0.05, 0.1) is 18.3 Å². The summed E-state index contributed by atoms with van der Waals surface area (Å²) in [4.78, 5) is 23.0. The van der Waals surface area contributed by atoms with Crippen molar-refractivity contribution in [2.45, 2.75) is 45.7 Å². The van der Waals surface area contributed by atoms with E-state index in [0.717, 1.165) is 48.5 Å². The van der Waals surface area contributed by atoms with E-state index in [9.17, 15) is 4.79 Å². The highest BCUT2D eigenvalue weighted by molar-refractivity contribution is 6.11. The van der Waals surface area contributed by atoms with Crippen LogP contribution in [0.15, 0.2) is 60.8 Å². The van der Waals surface area contributed by atoms with Crippen LogP contribution in [0.1, 0.15) is 46.7 Å². The van der Waals surface area contributed by atoms with Crippen LogP contribution >= 0.6 is 0 Å². The van der Waals surface area contributed by atoms with Gasteiger partial charge in [-0.05, 0) is 42.2 Å². The zero-order valence-corrected chi connectivity index (χ0v) is 19.2. The van der Waals surface area contributed by atoms with E-state index in [1.54, 1.807) is 6.20 Å². The number of fused-ring (bicyclic) bond motifs is 4. The number of anilines is 1. The van der Waals surface area contributed by atoms with Crippen molar-refractivity contribution in [1.82, 2.24) is 24.3 Å². The van der Waals surface area contributed by atoms with Crippen LogP contribution in [-0.2, 0) is 19.5 Å². The fourth-order valence-corrected chi connectivity index (χ4v) is 4.93. The van der Waals surface area contributed by atoms with Gasteiger partial charge in [0.2, 0.25) is 0 Å². The molecule has 0 atom stereocenters. The van der Waals surface area contributed by atoms with E-state index in [-0.39, 0.29) is 5.91 Å². The SMILES string of the molecule is Cc1cc(C(=O)Nc2ccnn2Cc2cccc3ccccc23)c2nc3n(c2n1)CCCCC3. The Bertz CT molecular complexity index is 1520. The molecule has 1 aliphatic heterocycles. The van der Waals surface area contributed by atoms with Crippen molar-refractivity contribution in [2.75, 3.05) is 5.32 Å². The summed E-state index contributed by atoms with van der Waals surface area (Å²) in [6, 6.07) is 18.2. The van der Waals surface area contributed by atoms with Crippen molar-refractivity contribution in [3.63, 3.8) is 0 Å². The molecule has 5 aromatic rings. The molecule has 170 valence electrons. The zero-order valence-electron chi connectivity index (χ0n) is 19.2.